The second-order valence-electron chi connectivity index (χ2n) is 5.17. The molecule has 2 aromatic carbocycles. The van der Waals surface area contributed by atoms with E-state index in [2.05, 4.69) is 5.32 Å². The number of carbonyl (C=O) groups is 1. The molecule has 1 N–H and O–H groups in total. The van der Waals surface area contributed by atoms with E-state index in [1.807, 2.05) is 31.2 Å². The number of methoxy groups -OCH3 is 1. The summed E-state index contributed by atoms with van der Waals surface area (Å²) in [6, 6.07) is 11.0. The molecule has 1 unspecified atom stereocenters. The van der Waals surface area contributed by atoms with Crippen molar-refractivity contribution in [3.05, 3.63) is 59.7 Å². The minimum absolute atomic E-state index is 0.103. The van der Waals surface area contributed by atoms with Crippen LogP contribution in [0.1, 0.15) is 24.9 Å². The highest BCUT2D eigenvalue weighted by Crippen LogP contribution is 2.22. The molecule has 0 saturated heterocycles. The summed E-state index contributed by atoms with van der Waals surface area (Å²) in [6.45, 7) is 1.98. The van der Waals surface area contributed by atoms with E-state index in [9.17, 15) is 13.6 Å². The second-order valence-corrected chi connectivity index (χ2v) is 6.21. The van der Waals surface area contributed by atoms with Gasteiger partial charge in [-0.05, 0) is 42.3 Å². The van der Waals surface area contributed by atoms with Crippen LogP contribution in [-0.2, 0) is 4.79 Å². The van der Waals surface area contributed by atoms with E-state index in [1.54, 1.807) is 7.11 Å². The molecule has 0 aromatic heterocycles. The lowest BCUT2D eigenvalue weighted by atomic mass is 10.0. The Labute approximate surface area is 144 Å². The lowest BCUT2D eigenvalue weighted by Crippen LogP contribution is -2.29. The average Bonchev–Trinajstić information content (AvgIpc) is 2.61. The Hall–Kier alpha value is -2.08. The summed E-state index contributed by atoms with van der Waals surface area (Å²) in [5, 5.41) is 2.95. The Morgan fingerprint density at radius 3 is 2.46 bits per heavy atom. The van der Waals surface area contributed by atoms with Crippen molar-refractivity contribution in [2.45, 2.75) is 24.3 Å². The van der Waals surface area contributed by atoms with E-state index in [0.29, 0.717) is 4.90 Å². The van der Waals surface area contributed by atoms with Gasteiger partial charge >= 0.3 is 0 Å². The Balaban J connectivity index is 1.92. The molecule has 0 radical (unpaired) electrons. The van der Waals surface area contributed by atoms with Gasteiger partial charge in [-0.3, -0.25) is 4.79 Å². The smallest absolute Gasteiger partial charge is 0.230 e. The predicted octanol–water partition coefficient (Wildman–Crippen LogP) is 4.33. The number of thioether (sulfide) groups is 1. The first kappa shape index (κ1) is 18.3. The molecule has 2 rings (SSSR count). The molecule has 0 saturated carbocycles. The van der Waals surface area contributed by atoms with Crippen molar-refractivity contribution in [2.75, 3.05) is 12.9 Å². The van der Waals surface area contributed by atoms with Crippen molar-refractivity contribution in [2.24, 2.45) is 0 Å². The third-order valence-corrected chi connectivity index (χ3v) is 4.52. The molecule has 2 aromatic rings. The quantitative estimate of drug-likeness (QED) is 0.755. The Morgan fingerprint density at radius 1 is 1.17 bits per heavy atom. The van der Waals surface area contributed by atoms with E-state index in [1.165, 1.54) is 17.8 Å². The molecule has 3 nitrogen and oxygen atoms in total. The van der Waals surface area contributed by atoms with Gasteiger partial charge in [-0.15, -0.1) is 11.8 Å². The number of carbonyl (C=O) groups excluding carboxylic acids is 1. The molecule has 0 aliphatic heterocycles. The maximum atomic E-state index is 13.2. The first-order valence-corrected chi connectivity index (χ1v) is 8.53. The summed E-state index contributed by atoms with van der Waals surface area (Å²) in [6.07, 6.45) is 0.744. The fraction of sp³-hybridized carbons (Fsp3) is 0.278. The minimum Gasteiger partial charge on any atom is -0.497 e. The van der Waals surface area contributed by atoms with E-state index in [4.69, 9.17) is 4.74 Å². The lowest BCUT2D eigenvalue weighted by molar-refractivity contribution is -0.119. The van der Waals surface area contributed by atoms with Gasteiger partial charge in [0.1, 0.15) is 5.75 Å². The fourth-order valence-corrected chi connectivity index (χ4v) is 2.94. The van der Waals surface area contributed by atoms with Crippen LogP contribution in [0.5, 0.6) is 5.75 Å². The van der Waals surface area contributed by atoms with E-state index in [0.717, 1.165) is 29.9 Å². The van der Waals surface area contributed by atoms with Gasteiger partial charge in [-0.1, -0.05) is 19.1 Å². The third-order valence-electron chi connectivity index (χ3n) is 3.52. The van der Waals surface area contributed by atoms with Gasteiger partial charge in [-0.25, -0.2) is 8.78 Å². The first-order chi connectivity index (χ1) is 11.5. The van der Waals surface area contributed by atoms with Crippen LogP contribution < -0.4 is 10.1 Å². The zero-order valence-electron chi connectivity index (χ0n) is 13.5. The van der Waals surface area contributed by atoms with Crippen molar-refractivity contribution in [3.8, 4) is 5.75 Å². The Bertz CT molecular complexity index is 692. The van der Waals surface area contributed by atoms with Gasteiger partial charge in [0.15, 0.2) is 11.6 Å². The number of nitrogens with one attached hydrogen (secondary N) is 1. The first-order valence-electron chi connectivity index (χ1n) is 7.54. The number of hydrogen-bond donors (Lipinski definition) is 1. The molecule has 24 heavy (non-hydrogen) atoms. The highest BCUT2D eigenvalue weighted by molar-refractivity contribution is 8.00. The van der Waals surface area contributed by atoms with Gasteiger partial charge in [0, 0.05) is 4.90 Å². The van der Waals surface area contributed by atoms with Gasteiger partial charge in [-0.2, -0.15) is 0 Å². The Morgan fingerprint density at radius 2 is 1.88 bits per heavy atom. The number of ether oxygens (including phenoxy) is 1. The van der Waals surface area contributed by atoms with Crippen molar-refractivity contribution in [3.63, 3.8) is 0 Å². The van der Waals surface area contributed by atoms with Crippen molar-refractivity contribution in [1.29, 1.82) is 0 Å². The van der Waals surface area contributed by atoms with Gasteiger partial charge in [0.2, 0.25) is 5.91 Å². The molecule has 6 heteroatoms. The number of hydrogen-bond acceptors (Lipinski definition) is 3. The van der Waals surface area contributed by atoms with E-state index >= 15 is 0 Å². The van der Waals surface area contributed by atoms with Crippen LogP contribution in [0.4, 0.5) is 8.78 Å². The van der Waals surface area contributed by atoms with Crippen molar-refractivity contribution < 1.29 is 18.3 Å². The average molecular weight is 351 g/mol. The molecule has 0 spiro atoms. The summed E-state index contributed by atoms with van der Waals surface area (Å²) in [7, 11) is 1.60. The van der Waals surface area contributed by atoms with Crippen LogP contribution >= 0.6 is 11.8 Å². The van der Waals surface area contributed by atoms with Crippen LogP contribution in [0.25, 0.3) is 0 Å². The highest BCUT2D eigenvalue weighted by Gasteiger charge is 2.13. The SMILES string of the molecule is CCC(NC(=O)CSc1ccc(F)c(F)c1)c1ccc(OC)cc1. The van der Waals surface area contributed by atoms with Gasteiger partial charge in [0.05, 0.1) is 18.9 Å². The number of amides is 1. The van der Waals surface area contributed by atoms with Crippen LogP contribution in [0, 0.1) is 11.6 Å². The number of benzene rings is 2. The van der Waals surface area contributed by atoms with Crippen LogP contribution in [0.3, 0.4) is 0 Å². The van der Waals surface area contributed by atoms with Crippen molar-refractivity contribution in [1.82, 2.24) is 5.32 Å². The molecular weight excluding hydrogens is 332 g/mol. The molecule has 0 bridgehead atoms. The lowest BCUT2D eigenvalue weighted by Gasteiger charge is -2.17. The molecule has 128 valence electrons. The van der Waals surface area contributed by atoms with Crippen LogP contribution in [0.15, 0.2) is 47.4 Å². The third kappa shape index (κ3) is 4.96. The number of rotatable bonds is 7. The molecule has 0 aliphatic rings. The molecule has 1 atom stereocenters. The summed E-state index contributed by atoms with van der Waals surface area (Å²) in [5.41, 5.74) is 0.990. The predicted molar refractivity (Wildman–Crippen MR) is 91.3 cm³/mol. The summed E-state index contributed by atoms with van der Waals surface area (Å²) in [4.78, 5) is 12.6. The van der Waals surface area contributed by atoms with Crippen LogP contribution in [-0.4, -0.2) is 18.8 Å². The normalized spacial score (nSPS) is 11.8. The standard InChI is InChI=1S/C18H19F2NO2S/c1-3-17(12-4-6-13(23-2)7-5-12)21-18(22)11-24-14-8-9-15(19)16(20)10-14/h4-10,17H,3,11H2,1-2H3,(H,21,22). The maximum Gasteiger partial charge on any atom is 0.230 e. The zero-order valence-corrected chi connectivity index (χ0v) is 14.3. The zero-order chi connectivity index (χ0) is 17.5. The van der Waals surface area contributed by atoms with Gasteiger partial charge in [0.25, 0.3) is 0 Å². The Kier molecular flexibility index (Phi) is 6.61. The molecule has 1 amide bonds. The molecule has 0 fully saturated rings. The summed E-state index contributed by atoms with van der Waals surface area (Å²) in [5.74, 6) is -1.07. The monoisotopic (exact) mass is 351 g/mol. The van der Waals surface area contributed by atoms with Gasteiger partial charge < -0.3 is 10.1 Å². The summed E-state index contributed by atoms with van der Waals surface area (Å²) < 4.78 is 31.2. The highest BCUT2D eigenvalue weighted by atomic mass is 32.2. The molecule has 0 heterocycles. The topological polar surface area (TPSA) is 38.3 Å². The maximum absolute atomic E-state index is 13.2. The van der Waals surface area contributed by atoms with E-state index < -0.39 is 11.6 Å². The largest absolute Gasteiger partial charge is 0.497 e. The number of halogens is 2. The minimum atomic E-state index is -0.912. The fourth-order valence-electron chi connectivity index (χ4n) is 2.21. The molecule has 0 aliphatic carbocycles. The molecular formula is C18H19F2NO2S. The van der Waals surface area contributed by atoms with Crippen LogP contribution in [0.2, 0.25) is 0 Å². The van der Waals surface area contributed by atoms with E-state index in [-0.39, 0.29) is 17.7 Å². The summed E-state index contributed by atoms with van der Waals surface area (Å²) >= 11 is 1.17. The van der Waals surface area contributed by atoms with Crippen molar-refractivity contribution >= 4 is 17.7 Å². The second kappa shape index (κ2) is 8.68.